The van der Waals surface area contributed by atoms with Gasteiger partial charge in [-0.3, -0.25) is 4.79 Å². The Bertz CT molecular complexity index is 1470. The molecule has 2 aromatic heterocycles. The van der Waals surface area contributed by atoms with Gasteiger partial charge >= 0.3 is 5.97 Å². The lowest BCUT2D eigenvalue weighted by molar-refractivity contribution is -0.137. The largest absolute Gasteiger partial charge is 0.491 e. The van der Waals surface area contributed by atoms with Crippen molar-refractivity contribution >= 4 is 40.3 Å². The summed E-state index contributed by atoms with van der Waals surface area (Å²) in [7, 11) is 0. The second-order valence-electron chi connectivity index (χ2n) is 8.78. The van der Waals surface area contributed by atoms with Crippen LogP contribution in [0, 0.1) is 5.82 Å². The van der Waals surface area contributed by atoms with Crippen LogP contribution in [0.4, 0.5) is 4.39 Å². The van der Waals surface area contributed by atoms with Crippen LogP contribution in [0.15, 0.2) is 42.7 Å². The molecular weight excluding hydrogens is 510 g/mol. The smallest absolute Gasteiger partial charge is 0.306 e. The molecule has 1 saturated carbocycles. The van der Waals surface area contributed by atoms with Gasteiger partial charge in [-0.1, -0.05) is 35.3 Å². The Hall–Kier alpha value is -3.43. The summed E-state index contributed by atoms with van der Waals surface area (Å²) in [5.74, 6) is -1.01. The molecule has 0 atom stereocenters. The number of hydrogen-bond acceptors (Lipinski definition) is 6. The van der Waals surface area contributed by atoms with E-state index in [1.807, 2.05) is 19.1 Å². The van der Waals surface area contributed by atoms with Crippen molar-refractivity contribution < 1.29 is 23.8 Å². The molecule has 0 amide bonds. The molecule has 186 valence electrons. The number of ether oxygens (including phenoxy) is 2. The Kier molecular flexibility index (Phi) is 6.44. The third-order valence-corrected chi connectivity index (χ3v) is 6.49. The lowest BCUT2D eigenvalue weighted by Crippen LogP contribution is -2.13. The number of halogens is 3. The normalized spacial score (nSPS) is 14.1. The minimum atomic E-state index is -1.02. The van der Waals surface area contributed by atoms with Crippen LogP contribution in [0.5, 0.6) is 11.6 Å². The third-order valence-electron chi connectivity index (χ3n) is 5.88. The van der Waals surface area contributed by atoms with Crippen LogP contribution < -0.4 is 9.47 Å². The van der Waals surface area contributed by atoms with Crippen molar-refractivity contribution in [3.63, 3.8) is 0 Å². The number of imidazole rings is 1. The summed E-state index contributed by atoms with van der Waals surface area (Å²) >= 11 is 12.8. The maximum atomic E-state index is 15.3. The number of aromatic nitrogens is 4. The summed E-state index contributed by atoms with van der Waals surface area (Å²) in [5.41, 5.74) is 1.32. The molecule has 0 spiro atoms. The second-order valence-corrected chi connectivity index (χ2v) is 9.60. The zero-order valence-electron chi connectivity index (χ0n) is 19.2. The molecular formula is C25H21Cl2FN4O4. The number of carboxylic acid groups (broad SMARTS) is 1. The fraction of sp³-hybridized carbons (Fsp3) is 0.280. The summed E-state index contributed by atoms with van der Waals surface area (Å²) in [4.78, 5) is 24.3. The minimum Gasteiger partial charge on any atom is -0.491 e. The quantitative estimate of drug-likeness (QED) is 0.293. The van der Waals surface area contributed by atoms with Gasteiger partial charge in [0.1, 0.15) is 29.3 Å². The fourth-order valence-electron chi connectivity index (χ4n) is 3.76. The number of nitrogens with zero attached hydrogens (tertiary/aromatic N) is 4. The molecule has 8 nitrogen and oxygen atoms in total. The number of fused-ring (bicyclic) bond motifs is 1. The summed E-state index contributed by atoms with van der Waals surface area (Å²) < 4.78 is 28.6. The number of rotatable bonds is 9. The summed E-state index contributed by atoms with van der Waals surface area (Å²) in [6.45, 7) is 2.13. The van der Waals surface area contributed by atoms with E-state index in [-0.39, 0.29) is 47.3 Å². The van der Waals surface area contributed by atoms with E-state index >= 15 is 4.39 Å². The van der Waals surface area contributed by atoms with Gasteiger partial charge in [-0.15, -0.1) is 0 Å². The fourth-order valence-corrected chi connectivity index (χ4v) is 4.26. The highest BCUT2D eigenvalue weighted by molar-refractivity contribution is 6.34. The average molecular weight is 531 g/mol. The number of carboxylic acids is 1. The predicted molar refractivity (Wildman–Crippen MR) is 132 cm³/mol. The molecule has 2 heterocycles. The lowest BCUT2D eigenvalue weighted by atomic mass is 10.1. The Labute approximate surface area is 215 Å². The maximum Gasteiger partial charge on any atom is 0.306 e. The van der Waals surface area contributed by atoms with Crippen molar-refractivity contribution in [3.05, 3.63) is 64.2 Å². The Balaban J connectivity index is 1.66. The summed E-state index contributed by atoms with van der Waals surface area (Å²) in [6, 6.07) is 9.82. The number of benzene rings is 2. The van der Waals surface area contributed by atoms with Gasteiger partial charge < -0.3 is 19.1 Å². The molecule has 0 radical (unpaired) electrons. The van der Waals surface area contributed by atoms with Crippen LogP contribution in [0.25, 0.3) is 22.6 Å². The molecule has 1 fully saturated rings. The van der Waals surface area contributed by atoms with Crippen molar-refractivity contribution in [1.82, 2.24) is 19.5 Å². The molecule has 11 heteroatoms. The standard InChI is InChI=1S/C25H21Cl2FN4O4/c1-25(8-9-25)36-24-21-23(29-13-30-24)32(12-14-3-2-4-15(26)11-14)22(31-21)19-16(28)5-6-17(20(19)27)35-10-7-18(33)34/h2-6,11,13H,7-10,12H2,1H3,(H,33,34). The lowest BCUT2D eigenvalue weighted by Gasteiger charge is -2.14. The van der Waals surface area contributed by atoms with E-state index in [1.165, 1.54) is 18.5 Å². The Morgan fingerprint density at radius 3 is 2.75 bits per heavy atom. The zero-order chi connectivity index (χ0) is 25.4. The topological polar surface area (TPSA) is 99.4 Å². The minimum absolute atomic E-state index is 0.00639. The van der Waals surface area contributed by atoms with Crippen LogP contribution in [0.3, 0.4) is 0 Å². The van der Waals surface area contributed by atoms with E-state index in [2.05, 4.69) is 9.97 Å². The van der Waals surface area contributed by atoms with Crippen molar-refractivity contribution in [2.24, 2.45) is 0 Å². The van der Waals surface area contributed by atoms with Crippen molar-refractivity contribution in [2.75, 3.05) is 6.61 Å². The molecule has 1 aliphatic rings. The highest BCUT2D eigenvalue weighted by Crippen LogP contribution is 2.42. The van der Waals surface area contributed by atoms with Crippen molar-refractivity contribution in [1.29, 1.82) is 0 Å². The van der Waals surface area contributed by atoms with Crippen LogP contribution in [0.2, 0.25) is 10.0 Å². The summed E-state index contributed by atoms with van der Waals surface area (Å²) in [6.07, 6.45) is 2.94. The van der Waals surface area contributed by atoms with E-state index < -0.39 is 11.8 Å². The van der Waals surface area contributed by atoms with E-state index in [1.54, 1.807) is 16.7 Å². The first kappa shape index (κ1) is 24.3. The van der Waals surface area contributed by atoms with Gasteiger partial charge in [0, 0.05) is 5.02 Å². The van der Waals surface area contributed by atoms with Crippen molar-refractivity contribution in [2.45, 2.75) is 38.3 Å². The van der Waals surface area contributed by atoms with Gasteiger partial charge in [0.25, 0.3) is 0 Å². The Morgan fingerprint density at radius 1 is 1.22 bits per heavy atom. The molecule has 1 N–H and O–H groups in total. The van der Waals surface area contributed by atoms with E-state index in [0.29, 0.717) is 22.1 Å². The highest BCUT2D eigenvalue weighted by atomic mass is 35.5. The van der Waals surface area contributed by atoms with Crippen LogP contribution >= 0.6 is 23.2 Å². The maximum absolute atomic E-state index is 15.3. The molecule has 5 rings (SSSR count). The van der Waals surface area contributed by atoms with E-state index in [0.717, 1.165) is 18.4 Å². The van der Waals surface area contributed by atoms with Gasteiger partial charge in [-0.2, -0.15) is 4.98 Å². The predicted octanol–water partition coefficient (Wildman–Crippen LogP) is 5.77. The van der Waals surface area contributed by atoms with Gasteiger partial charge in [0.15, 0.2) is 11.2 Å². The molecule has 0 unspecified atom stereocenters. The monoisotopic (exact) mass is 530 g/mol. The molecule has 0 saturated heterocycles. The summed E-state index contributed by atoms with van der Waals surface area (Å²) in [5, 5.41) is 9.42. The molecule has 1 aliphatic carbocycles. The second kappa shape index (κ2) is 9.55. The first-order valence-corrected chi connectivity index (χ1v) is 12.0. The van der Waals surface area contributed by atoms with Crippen LogP contribution in [0.1, 0.15) is 31.7 Å². The van der Waals surface area contributed by atoms with Gasteiger partial charge in [-0.05, 0) is 49.6 Å². The van der Waals surface area contributed by atoms with Gasteiger partial charge in [0.05, 0.1) is 30.2 Å². The SMILES string of the molecule is CC1(Oc2ncnc3c2nc(-c2c(F)ccc(OCCC(=O)O)c2Cl)n3Cc2cccc(Cl)c2)CC1. The van der Waals surface area contributed by atoms with Crippen LogP contribution in [-0.4, -0.2) is 42.8 Å². The molecule has 0 bridgehead atoms. The van der Waals surface area contributed by atoms with Gasteiger partial charge in [0.2, 0.25) is 5.88 Å². The number of aliphatic carboxylic acids is 1. The van der Waals surface area contributed by atoms with E-state index in [9.17, 15) is 4.79 Å². The van der Waals surface area contributed by atoms with E-state index in [4.69, 9.17) is 42.8 Å². The molecule has 4 aromatic rings. The first-order chi connectivity index (χ1) is 17.2. The van der Waals surface area contributed by atoms with Gasteiger partial charge in [-0.25, -0.2) is 14.4 Å². The van der Waals surface area contributed by atoms with Crippen molar-refractivity contribution in [3.8, 4) is 23.0 Å². The zero-order valence-corrected chi connectivity index (χ0v) is 20.7. The number of carbonyl (C=O) groups is 1. The molecule has 0 aliphatic heterocycles. The van der Waals surface area contributed by atoms with Crippen LogP contribution in [-0.2, 0) is 11.3 Å². The first-order valence-electron chi connectivity index (χ1n) is 11.2. The molecule has 36 heavy (non-hydrogen) atoms. The Morgan fingerprint density at radius 2 is 2.03 bits per heavy atom. The number of hydrogen-bond donors (Lipinski definition) is 1. The molecule has 2 aromatic carbocycles. The average Bonchev–Trinajstić information content (AvgIpc) is 3.44. The third kappa shape index (κ3) is 4.94. The highest BCUT2D eigenvalue weighted by Gasteiger charge is 2.41.